The van der Waals surface area contributed by atoms with Gasteiger partial charge in [0.25, 0.3) is 0 Å². The molecule has 0 aromatic heterocycles. The number of carbonyl (C=O) groups is 1. The Morgan fingerprint density at radius 3 is 2.35 bits per heavy atom. The zero-order valence-corrected chi connectivity index (χ0v) is 13.1. The van der Waals surface area contributed by atoms with E-state index in [0.29, 0.717) is 12.8 Å². The van der Waals surface area contributed by atoms with Gasteiger partial charge in [-0.05, 0) is 12.6 Å². The van der Waals surface area contributed by atoms with Gasteiger partial charge in [-0.2, -0.15) is 0 Å². The fraction of sp³-hybridized carbons (Fsp3) is 0.588. The highest BCUT2D eigenvalue weighted by Crippen LogP contribution is 2.36. The SMILES string of the molecule is CN1C2CC(OC(=O)C(O)Cc3ccccc3)CC1C(O)C2O. The topological polar surface area (TPSA) is 90.2 Å². The Morgan fingerprint density at radius 1 is 1.22 bits per heavy atom. The number of carbonyl (C=O) groups excluding carboxylic acids is 1. The fourth-order valence-corrected chi connectivity index (χ4v) is 3.69. The summed E-state index contributed by atoms with van der Waals surface area (Å²) in [6.45, 7) is 0. The first-order valence-electron chi connectivity index (χ1n) is 7.98. The summed E-state index contributed by atoms with van der Waals surface area (Å²) in [5, 5.41) is 30.0. The van der Waals surface area contributed by atoms with Crippen LogP contribution in [0.4, 0.5) is 0 Å². The van der Waals surface area contributed by atoms with Crippen molar-refractivity contribution in [3.63, 3.8) is 0 Å². The minimum absolute atomic E-state index is 0.213. The molecule has 2 fully saturated rings. The van der Waals surface area contributed by atoms with Crippen molar-refractivity contribution in [2.24, 2.45) is 0 Å². The highest BCUT2D eigenvalue weighted by atomic mass is 16.6. The standard InChI is InChI=1S/C17H23NO5/c1-18-12-8-11(9-13(18)16(21)15(12)20)23-17(22)14(19)7-10-5-3-2-4-6-10/h2-6,11-16,19-21H,7-9H2,1H3. The van der Waals surface area contributed by atoms with Crippen LogP contribution in [-0.2, 0) is 16.0 Å². The molecule has 0 radical (unpaired) electrons. The summed E-state index contributed by atoms with van der Waals surface area (Å²) in [6, 6.07) is 8.84. The molecule has 2 heterocycles. The van der Waals surface area contributed by atoms with Crippen LogP contribution < -0.4 is 0 Å². The molecule has 1 aromatic carbocycles. The Balaban J connectivity index is 1.57. The summed E-state index contributed by atoms with van der Waals surface area (Å²) in [5.41, 5.74) is 0.867. The molecule has 1 aromatic rings. The van der Waals surface area contributed by atoms with E-state index >= 15 is 0 Å². The van der Waals surface area contributed by atoms with E-state index in [1.807, 2.05) is 42.3 Å². The van der Waals surface area contributed by atoms with Crippen molar-refractivity contribution >= 4 is 5.97 Å². The summed E-state index contributed by atoms with van der Waals surface area (Å²) in [4.78, 5) is 14.0. The lowest BCUT2D eigenvalue weighted by molar-refractivity contribution is -0.162. The lowest BCUT2D eigenvalue weighted by Crippen LogP contribution is -2.46. The number of aliphatic hydroxyl groups excluding tert-OH is 3. The molecule has 2 saturated heterocycles. The van der Waals surface area contributed by atoms with Crippen LogP contribution in [0.25, 0.3) is 0 Å². The number of piperidine rings is 1. The maximum Gasteiger partial charge on any atom is 0.335 e. The van der Waals surface area contributed by atoms with Crippen LogP contribution in [0.5, 0.6) is 0 Å². The zero-order chi connectivity index (χ0) is 16.6. The number of rotatable bonds is 4. The van der Waals surface area contributed by atoms with Gasteiger partial charge >= 0.3 is 5.97 Å². The molecule has 2 aliphatic heterocycles. The predicted molar refractivity (Wildman–Crippen MR) is 82.6 cm³/mol. The largest absolute Gasteiger partial charge is 0.460 e. The number of fused-ring (bicyclic) bond motifs is 2. The van der Waals surface area contributed by atoms with Crippen LogP contribution in [0.3, 0.4) is 0 Å². The second-order valence-corrected chi connectivity index (χ2v) is 6.52. The molecule has 0 aliphatic carbocycles. The maximum absolute atomic E-state index is 12.1. The third kappa shape index (κ3) is 3.26. The van der Waals surface area contributed by atoms with Gasteiger partial charge in [0.2, 0.25) is 0 Å². The van der Waals surface area contributed by atoms with Gasteiger partial charge in [0.15, 0.2) is 6.10 Å². The Hall–Kier alpha value is -1.47. The van der Waals surface area contributed by atoms with Gasteiger partial charge in [-0.25, -0.2) is 4.79 Å². The first kappa shape index (κ1) is 16.4. The van der Waals surface area contributed by atoms with Crippen molar-refractivity contribution in [1.29, 1.82) is 0 Å². The highest BCUT2D eigenvalue weighted by Gasteiger charge is 2.51. The van der Waals surface area contributed by atoms with E-state index in [1.165, 1.54) is 0 Å². The van der Waals surface area contributed by atoms with Gasteiger partial charge < -0.3 is 20.1 Å². The second-order valence-electron chi connectivity index (χ2n) is 6.52. The van der Waals surface area contributed by atoms with E-state index in [2.05, 4.69) is 0 Å². The molecular formula is C17H23NO5. The van der Waals surface area contributed by atoms with Crippen LogP contribution in [-0.4, -0.2) is 69.7 Å². The molecule has 5 atom stereocenters. The first-order chi connectivity index (χ1) is 11.0. The predicted octanol–water partition coefficient (Wildman–Crippen LogP) is -0.300. The molecule has 6 nitrogen and oxygen atoms in total. The zero-order valence-electron chi connectivity index (χ0n) is 13.1. The van der Waals surface area contributed by atoms with Crippen molar-refractivity contribution in [3.05, 3.63) is 35.9 Å². The summed E-state index contributed by atoms with van der Waals surface area (Å²) >= 11 is 0. The molecule has 126 valence electrons. The third-order valence-corrected chi connectivity index (χ3v) is 5.02. The Labute approximate surface area is 135 Å². The van der Waals surface area contributed by atoms with Crippen LogP contribution in [0, 0.1) is 0 Å². The van der Waals surface area contributed by atoms with Gasteiger partial charge in [-0.3, -0.25) is 4.90 Å². The Kier molecular flexibility index (Phi) is 4.68. The monoisotopic (exact) mass is 321 g/mol. The van der Waals surface area contributed by atoms with Crippen LogP contribution >= 0.6 is 0 Å². The van der Waals surface area contributed by atoms with Crippen molar-refractivity contribution < 1.29 is 24.9 Å². The number of aliphatic hydroxyl groups is 3. The molecule has 0 spiro atoms. The molecule has 0 amide bonds. The van der Waals surface area contributed by atoms with Gasteiger partial charge in [-0.1, -0.05) is 30.3 Å². The smallest absolute Gasteiger partial charge is 0.335 e. The molecule has 5 unspecified atom stereocenters. The number of hydrogen-bond acceptors (Lipinski definition) is 6. The number of esters is 1. The minimum atomic E-state index is -1.20. The number of ether oxygens (including phenoxy) is 1. The number of nitrogens with zero attached hydrogens (tertiary/aromatic N) is 1. The fourth-order valence-electron chi connectivity index (χ4n) is 3.69. The minimum Gasteiger partial charge on any atom is -0.460 e. The average molecular weight is 321 g/mol. The second kappa shape index (κ2) is 6.57. The molecule has 23 heavy (non-hydrogen) atoms. The summed E-state index contributed by atoms with van der Waals surface area (Å²) in [6.07, 6.45) is -2.07. The average Bonchev–Trinajstić information content (AvgIpc) is 2.67. The number of benzene rings is 1. The first-order valence-corrected chi connectivity index (χ1v) is 7.98. The van der Waals surface area contributed by atoms with E-state index in [0.717, 1.165) is 5.56 Å². The van der Waals surface area contributed by atoms with E-state index < -0.39 is 24.3 Å². The van der Waals surface area contributed by atoms with Gasteiger partial charge in [0.1, 0.15) is 6.10 Å². The van der Waals surface area contributed by atoms with Gasteiger partial charge in [0, 0.05) is 31.3 Å². The van der Waals surface area contributed by atoms with E-state index in [4.69, 9.17) is 4.74 Å². The molecular weight excluding hydrogens is 298 g/mol. The summed E-state index contributed by atoms with van der Waals surface area (Å²) < 4.78 is 5.41. The van der Waals surface area contributed by atoms with Crippen molar-refractivity contribution in [2.75, 3.05) is 7.05 Å². The Morgan fingerprint density at radius 2 is 1.78 bits per heavy atom. The molecule has 3 N–H and O–H groups in total. The molecule has 2 aliphatic rings. The molecule has 0 saturated carbocycles. The van der Waals surface area contributed by atoms with Gasteiger partial charge in [-0.15, -0.1) is 0 Å². The number of likely N-dealkylation sites (N-methyl/N-ethyl adjacent to an activating group) is 1. The van der Waals surface area contributed by atoms with E-state index in [9.17, 15) is 20.1 Å². The van der Waals surface area contributed by atoms with Crippen molar-refractivity contribution in [1.82, 2.24) is 4.90 Å². The lowest BCUT2D eigenvalue weighted by Gasteiger charge is -2.36. The van der Waals surface area contributed by atoms with E-state index in [-0.39, 0.29) is 24.6 Å². The summed E-state index contributed by atoms with van der Waals surface area (Å²) in [5.74, 6) is -0.646. The molecule has 2 bridgehead atoms. The Bertz CT molecular complexity index is 525. The van der Waals surface area contributed by atoms with Gasteiger partial charge in [0.05, 0.1) is 12.2 Å². The van der Waals surface area contributed by atoms with Crippen LogP contribution in [0.2, 0.25) is 0 Å². The molecule has 6 heteroatoms. The van der Waals surface area contributed by atoms with Crippen LogP contribution in [0.15, 0.2) is 30.3 Å². The number of hydrogen-bond donors (Lipinski definition) is 3. The molecule has 3 rings (SSSR count). The normalized spacial score (nSPS) is 35.0. The van der Waals surface area contributed by atoms with Crippen molar-refractivity contribution in [2.45, 2.75) is 55.8 Å². The van der Waals surface area contributed by atoms with Crippen LogP contribution in [0.1, 0.15) is 18.4 Å². The van der Waals surface area contributed by atoms with E-state index in [1.54, 1.807) is 0 Å². The highest BCUT2D eigenvalue weighted by molar-refractivity contribution is 5.75. The van der Waals surface area contributed by atoms with Crippen molar-refractivity contribution in [3.8, 4) is 0 Å². The third-order valence-electron chi connectivity index (χ3n) is 5.02. The quantitative estimate of drug-likeness (QED) is 0.660. The maximum atomic E-state index is 12.1. The lowest BCUT2D eigenvalue weighted by atomic mass is 10.00. The summed E-state index contributed by atoms with van der Waals surface area (Å²) in [7, 11) is 1.86.